The summed E-state index contributed by atoms with van der Waals surface area (Å²) in [5.74, 6) is -1.43. The summed E-state index contributed by atoms with van der Waals surface area (Å²) in [6.45, 7) is 0.841. The zero-order valence-electron chi connectivity index (χ0n) is 28.0. The lowest BCUT2D eigenvalue weighted by Gasteiger charge is -2.20. The van der Waals surface area contributed by atoms with Crippen molar-refractivity contribution in [3.05, 3.63) is 0 Å². The Kier molecular flexibility index (Phi) is 31.6. The Bertz CT molecular complexity index is 612. The van der Waals surface area contributed by atoms with Crippen LogP contribution in [0, 0.1) is 0 Å². The van der Waals surface area contributed by atoms with Gasteiger partial charge < -0.3 is 25.2 Å². The van der Waals surface area contributed by atoms with Gasteiger partial charge in [-0.25, -0.2) is 0 Å². The van der Waals surface area contributed by atoms with Gasteiger partial charge in [0.05, 0.1) is 6.61 Å². The van der Waals surface area contributed by atoms with E-state index >= 15 is 0 Å². The van der Waals surface area contributed by atoms with Crippen LogP contribution in [0.25, 0.3) is 0 Å². The molecule has 0 saturated carbocycles. The third-order valence-corrected chi connectivity index (χ3v) is 8.59. The molecular weight excluding hydrogens is 544 g/mol. The molecule has 0 saturated heterocycles. The number of aliphatic hydroxyl groups excluding tert-OH is 4. The summed E-state index contributed by atoms with van der Waals surface area (Å²) in [5, 5.41) is 37.1. The van der Waals surface area contributed by atoms with E-state index < -0.39 is 43.3 Å². The fraction of sp³-hybridized carbons (Fsp3) is 0.944. The van der Waals surface area contributed by atoms with E-state index in [0.29, 0.717) is 6.42 Å². The quantitative estimate of drug-likeness (QED) is 0.0426. The number of unbranched alkanes of at least 4 members (excludes halogenated alkanes) is 26. The molecule has 4 N–H and O–H groups in total. The fourth-order valence-electron chi connectivity index (χ4n) is 5.58. The Morgan fingerprint density at radius 2 is 0.814 bits per heavy atom. The Labute approximate surface area is 264 Å². The summed E-state index contributed by atoms with van der Waals surface area (Å²) in [7, 11) is 0. The van der Waals surface area contributed by atoms with E-state index in [4.69, 9.17) is 9.84 Å². The zero-order chi connectivity index (χ0) is 31.8. The van der Waals surface area contributed by atoms with Crippen LogP contribution in [0.4, 0.5) is 0 Å². The molecule has 0 heterocycles. The Hall–Kier alpha value is -1.02. The van der Waals surface area contributed by atoms with Crippen molar-refractivity contribution in [2.24, 2.45) is 0 Å². The van der Waals surface area contributed by atoms with Crippen LogP contribution in [-0.2, 0) is 14.3 Å². The first-order valence-electron chi connectivity index (χ1n) is 18.3. The number of esters is 1. The molecule has 0 fully saturated rings. The third kappa shape index (κ3) is 28.2. The van der Waals surface area contributed by atoms with Crippen molar-refractivity contribution in [3.63, 3.8) is 0 Å². The molecule has 0 rings (SSSR count). The number of hydrogen-bond acceptors (Lipinski definition) is 7. The van der Waals surface area contributed by atoms with E-state index in [1.54, 1.807) is 0 Å². The normalized spacial score (nSPS) is 13.6. The molecule has 0 bridgehead atoms. The second-order valence-corrected chi connectivity index (χ2v) is 12.8. The summed E-state index contributed by atoms with van der Waals surface area (Å²) >= 11 is 0. The molecule has 0 aromatic heterocycles. The predicted molar refractivity (Wildman–Crippen MR) is 176 cm³/mol. The van der Waals surface area contributed by atoms with Crippen LogP contribution < -0.4 is 0 Å². The minimum atomic E-state index is -1.90. The predicted octanol–water partition coefficient (Wildman–Crippen LogP) is 8.12. The van der Waals surface area contributed by atoms with E-state index in [0.717, 1.165) is 12.8 Å². The van der Waals surface area contributed by atoms with Gasteiger partial charge in [0.2, 0.25) is 5.78 Å². The minimum Gasteiger partial charge on any atom is -0.458 e. The van der Waals surface area contributed by atoms with Crippen molar-refractivity contribution in [3.8, 4) is 0 Å². The third-order valence-electron chi connectivity index (χ3n) is 8.59. The Morgan fingerprint density at radius 1 is 0.512 bits per heavy atom. The maximum atomic E-state index is 11.8. The molecule has 0 amide bonds. The second kappa shape index (κ2) is 32.4. The standard InChI is InChI=1S/C36H70O7/c1-2-3-4-5-6-7-8-9-10-11-12-13-14-15-16-17-18-19-20-21-22-23-24-25-26-27-28-29-34(40)43-31-33(39)36(42)35(41)32(38)30-37/h32,35-38,41-42H,2-31H2,1H3/t32-,35+,36+/m0/s1. The first-order chi connectivity index (χ1) is 20.9. The van der Waals surface area contributed by atoms with Crippen molar-refractivity contribution in [1.29, 1.82) is 0 Å². The molecule has 3 atom stereocenters. The van der Waals surface area contributed by atoms with Gasteiger partial charge in [-0.2, -0.15) is 0 Å². The average molecular weight is 615 g/mol. The van der Waals surface area contributed by atoms with Crippen LogP contribution in [0.5, 0.6) is 0 Å². The Balaban J connectivity index is 3.28. The lowest BCUT2D eigenvalue weighted by molar-refractivity contribution is -0.155. The maximum absolute atomic E-state index is 11.8. The molecule has 43 heavy (non-hydrogen) atoms. The average Bonchev–Trinajstić information content (AvgIpc) is 3.02. The van der Waals surface area contributed by atoms with Gasteiger partial charge in [0.1, 0.15) is 18.3 Å². The molecule has 0 spiro atoms. The highest BCUT2D eigenvalue weighted by Crippen LogP contribution is 2.16. The van der Waals surface area contributed by atoms with Gasteiger partial charge in [-0.1, -0.05) is 174 Å². The van der Waals surface area contributed by atoms with E-state index in [-0.39, 0.29) is 6.42 Å². The summed E-state index contributed by atoms with van der Waals surface area (Å²) < 4.78 is 4.84. The first-order valence-corrected chi connectivity index (χ1v) is 18.3. The smallest absolute Gasteiger partial charge is 0.306 e. The van der Waals surface area contributed by atoms with E-state index in [1.165, 1.54) is 154 Å². The molecule has 0 radical (unpaired) electrons. The molecule has 0 aliphatic heterocycles. The topological polar surface area (TPSA) is 124 Å². The molecule has 0 aliphatic carbocycles. The number of ether oxygens (including phenoxy) is 1. The van der Waals surface area contributed by atoms with Gasteiger partial charge in [0, 0.05) is 6.42 Å². The van der Waals surface area contributed by atoms with Crippen molar-refractivity contribution >= 4 is 11.8 Å². The zero-order valence-corrected chi connectivity index (χ0v) is 28.0. The lowest BCUT2D eigenvalue weighted by atomic mass is 10.0. The minimum absolute atomic E-state index is 0.213. The van der Waals surface area contributed by atoms with Crippen molar-refractivity contribution in [2.75, 3.05) is 13.2 Å². The van der Waals surface area contributed by atoms with Crippen LogP contribution >= 0.6 is 0 Å². The highest BCUT2D eigenvalue weighted by Gasteiger charge is 2.30. The molecule has 0 aromatic rings. The first kappa shape index (κ1) is 42.0. The molecule has 0 aliphatic rings. The maximum Gasteiger partial charge on any atom is 0.306 e. The SMILES string of the molecule is CCCCCCCCCCCCCCCCCCCCCCCCCCCCCC(=O)OCC(=O)[C@@H](O)[C@H](O)[C@@H](O)CO. The van der Waals surface area contributed by atoms with E-state index in [2.05, 4.69) is 6.92 Å². The highest BCUT2D eigenvalue weighted by atomic mass is 16.5. The summed E-state index contributed by atoms with van der Waals surface area (Å²) in [4.78, 5) is 23.5. The van der Waals surface area contributed by atoms with Crippen LogP contribution in [0.1, 0.15) is 187 Å². The molecule has 7 heteroatoms. The van der Waals surface area contributed by atoms with Crippen LogP contribution in [0.2, 0.25) is 0 Å². The van der Waals surface area contributed by atoms with E-state index in [1.807, 2.05) is 0 Å². The van der Waals surface area contributed by atoms with Gasteiger partial charge in [-0.15, -0.1) is 0 Å². The number of rotatable bonds is 34. The number of Topliss-reactive ketones (excluding diaryl/α,β-unsaturated/α-hetero) is 1. The number of hydrogen-bond donors (Lipinski definition) is 4. The Morgan fingerprint density at radius 3 is 1.12 bits per heavy atom. The van der Waals surface area contributed by atoms with Crippen molar-refractivity contribution in [2.45, 2.75) is 205 Å². The van der Waals surface area contributed by atoms with Crippen LogP contribution in [0.3, 0.4) is 0 Å². The lowest BCUT2D eigenvalue weighted by Crippen LogP contribution is -2.45. The van der Waals surface area contributed by atoms with Gasteiger partial charge in [-0.3, -0.25) is 9.59 Å². The van der Waals surface area contributed by atoms with Gasteiger partial charge in [0.25, 0.3) is 0 Å². The van der Waals surface area contributed by atoms with Gasteiger partial charge in [0.15, 0.2) is 6.61 Å². The van der Waals surface area contributed by atoms with Gasteiger partial charge in [-0.05, 0) is 6.42 Å². The summed E-state index contributed by atoms with van der Waals surface area (Å²) in [6.07, 6.45) is 30.9. The number of carbonyl (C=O) groups excluding carboxylic acids is 2. The van der Waals surface area contributed by atoms with Crippen molar-refractivity contribution < 1.29 is 34.8 Å². The molecule has 0 unspecified atom stereocenters. The molecular formula is C36H70O7. The largest absolute Gasteiger partial charge is 0.458 e. The molecule has 0 aromatic carbocycles. The molecule has 256 valence electrons. The second-order valence-electron chi connectivity index (χ2n) is 12.8. The van der Waals surface area contributed by atoms with Gasteiger partial charge >= 0.3 is 5.97 Å². The fourth-order valence-corrected chi connectivity index (χ4v) is 5.58. The van der Waals surface area contributed by atoms with E-state index in [9.17, 15) is 24.9 Å². The number of ketones is 1. The van der Waals surface area contributed by atoms with Crippen LogP contribution in [-0.4, -0.2) is 63.7 Å². The van der Waals surface area contributed by atoms with Crippen LogP contribution in [0.15, 0.2) is 0 Å². The summed E-state index contributed by atoms with van der Waals surface area (Å²) in [5.41, 5.74) is 0. The monoisotopic (exact) mass is 615 g/mol. The molecule has 7 nitrogen and oxygen atoms in total. The highest BCUT2D eigenvalue weighted by molar-refractivity contribution is 5.86. The summed E-state index contributed by atoms with van der Waals surface area (Å²) in [6, 6.07) is 0. The number of aliphatic hydroxyl groups is 4. The van der Waals surface area contributed by atoms with Crippen molar-refractivity contribution in [1.82, 2.24) is 0 Å². The number of carbonyl (C=O) groups is 2.